The zero-order valence-corrected chi connectivity index (χ0v) is 14.9. The largest absolute Gasteiger partial charge is 0.335 e. The van der Waals surface area contributed by atoms with E-state index in [0.29, 0.717) is 17.8 Å². The van der Waals surface area contributed by atoms with Crippen LogP contribution < -0.4 is 5.32 Å². The van der Waals surface area contributed by atoms with Crippen LogP contribution in [0.15, 0.2) is 48.5 Å². The Labute approximate surface area is 153 Å². The van der Waals surface area contributed by atoms with Crippen molar-refractivity contribution in [1.29, 1.82) is 5.26 Å². The summed E-state index contributed by atoms with van der Waals surface area (Å²) in [5, 5.41) is 11.8. The van der Waals surface area contributed by atoms with Gasteiger partial charge in [-0.15, -0.1) is 0 Å². The Bertz CT molecular complexity index is 866. The maximum atomic E-state index is 13.3. The molecule has 132 valence electrons. The third-order valence-corrected chi connectivity index (χ3v) is 4.64. The molecule has 0 aromatic heterocycles. The van der Waals surface area contributed by atoms with E-state index in [2.05, 4.69) is 11.4 Å². The number of benzene rings is 2. The summed E-state index contributed by atoms with van der Waals surface area (Å²) in [7, 11) is 0. The maximum absolute atomic E-state index is 13.3. The number of anilines is 1. The predicted molar refractivity (Wildman–Crippen MR) is 99.3 cm³/mol. The average molecular weight is 347 g/mol. The van der Waals surface area contributed by atoms with Crippen molar-refractivity contribution in [3.8, 4) is 6.07 Å². The van der Waals surface area contributed by atoms with E-state index in [0.717, 1.165) is 11.1 Å². The van der Waals surface area contributed by atoms with Gasteiger partial charge in [-0.3, -0.25) is 9.59 Å². The van der Waals surface area contributed by atoms with E-state index < -0.39 is 5.92 Å². The van der Waals surface area contributed by atoms with Crippen LogP contribution in [0.2, 0.25) is 0 Å². The SMILES string of the molecule is CC(C)N(Cc1ccc(C#N)cc1)C(=O)C1CC(=O)Nc2ccccc21. The number of amides is 2. The molecule has 5 heteroatoms. The first-order valence-corrected chi connectivity index (χ1v) is 8.68. The number of hydrogen-bond acceptors (Lipinski definition) is 3. The van der Waals surface area contributed by atoms with Crippen LogP contribution in [0.1, 0.15) is 42.9 Å². The average Bonchev–Trinajstić information content (AvgIpc) is 2.65. The summed E-state index contributed by atoms with van der Waals surface area (Å²) < 4.78 is 0. The molecule has 0 bridgehead atoms. The van der Waals surface area contributed by atoms with Gasteiger partial charge in [-0.25, -0.2) is 0 Å². The van der Waals surface area contributed by atoms with Crippen LogP contribution in [0.3, 0.4) is 0 Å². The van der Waals surface area contributed by atoms with Crippen molar-refractivity contribution in [2.24, 2.45) is 0 Å². The van der Waals surface area contributed by atoms with Gasteiger partial charge >= 0.3 is 0 Å². The first-order valence-electron chi connectivity index (χ1n) is 8.68. The molecule has 0 aliphatic carbocycles. The molecule has 2 amide bonds. The number of fused-ring (bicyclic) bond motifs is 1. The van der Waals surface area contributed by atoms with Crippen molar-refractivity contribution in [2.45, 2.75) is 38.8 Å². The van der Waals surface area contributed by atoms with Crippen molar-refractivity contribution < 1.29 is 9.59 Å². The topological polar surface area (TPSA) is 73.2 Å². The van der Waals surface area contributed by atoms with E-state index >= 15 is 0 Å². The summed E-state index contributed by atoms with van der Waals surface area (Å²) >= 11 is 0. The molecule has 0 saturated heterocycles. The molecule has 0 fully saturated rings. The van der Waals surface area contributed by atoms with Crippen molar-refractivity contribution >= 4 is 17.5 Å². The highest BCUT2D eigenvalue weighted by Crippen LogP contribution is 2.34. The normalized spacial score (nSPS) is 15.8. The molecule has 2 aromatic carbocycles. The van der Waals surface area contributed by atoms with Gasteiger partial charge in [-0.05, 0) is 43.2 Å². The van der Waals surface area contributed by atoms with Gasteiger partial charge in [0.2, 0.25) is 11.8 Å². The van der Waals surface area contributed by atoms with Gasteiger partial charge in [0, 0.05) is 24.7 Å². The third-order valence-electron chi connectivity index (χ3n) is 4.64. The first kappa shape index (κ1) is 17.7. The van der Waals surface area contributed by atoms with E-state index in [1.54, 1.807) is 17.0 Å². The molecule has 1 aliphatic rings. The highest BCUT2D eigenvalue weighted by molar-refractivity contribution is 6.01. The van der Waals surface area contributed by atoms with Crippen LogP contribution in [0.4, 0.5) is 5.69 Å². The lowest BCUT2D eigenvalue weighted by Crippen LogP contribution is -2.42. The van der Waals surface area contributed by atoms with Crippen molar-refractivity contribution in [1.82, 2.24) is 4.90 Å². The van der Waals surface area contributed by atoms with E-state index in [1.807, 2.05) is 50.2 Å². The lowest BCUT2D eigenvalue weighted by Gasteiger charge is -2.33. The molecule has 5 nitrogen and oxygen atoms in total. The number of nitrogens with zero attached hydrogens (tertiary/aromatic N) is 2. The molecule has 2 aromatic rings. The van der Waals surface area contributed by atoms with Crippen LogP contribution in [0, 0.1) is 11.3 Å². The molecule has 0 radical (unpaired) electrons. The Morgan fingerprint density at radius 2 is 1.92 bits per heavy atom. The second kappa shape index (κ2) is 7.40. The van der Waals surface area contributed by atoms with E-state index in [-0.39, 0.29) is 24.3 Å². The standard InChI is InChI=1S/C21H21N3O2/c1-14(2)24(13-16-9-7-15(12-22)8-10-16)21(26)18-11-20(25)23-19-6-4-3-5-17(18)19/h3-10,14,18H,11,13H2,1-2H3,(H,23,25). The molecule has 0 spiro atoms. The van der Waals surface area contributed by atoms with E-state index in [1.165, 1.54) is 0 Å². The first-order chi connectivity index (χ1) is 12.5. The van der Waals surface area contributed by atoms with Crippen molar-refractivity contribution in [3.05, 3.63) is 65.2 Å². The van der Waals surface area contributed by atoms with Crippen molar-refractivity contribution in [3.63, 3.8) is 0 Å². The zero-order chi connectivity index (χ0) is 18.7. The predicted octanol–water partition coefficient (Wildman–Crippen LogP) is 3.42. The van der Waals surface area contributed by atoms with Gasteiger partial charge in [0.25, 0.3) is 0 Å². The van der Waals surface area contributed by atoms with Crippen LogP contribution in [0.25, 0.3) is 0 Å². The summed E-state index contributed by atoms with van der Waals surface area (Å²) in [5.74, 6) is -0.656. The minimum atomic E-state index is -0.472. The van der Waals surface area contributed by atoms with Gasteiger partial charge in [-0.2, -0.15) is 5.26 Å². The second-order valence-electron chi connectivity index (χ2n) is 6.76. The van der Waals surface area contributed by atoms with Crippen LogP contribution in [0.5, 0.6) is 0 Å². The molecule has 1 heterocycles. The maximum Gasteiger partial charge on any atom is 0.231 e. The molecule has 1 unspecified atom stereocenters. The Morgan fingerprint density at radius 1 is 1.23 bits per heavy atom. The zero-order valence-electron chi connectivity index (χ0n) is 14.9. The summed E-state index contributed by atoms with van der Waals surface area (Å²) in [6, 6.07) is 16.8. The fourth-order valence-electron chi connectivity index (χ4n) is 3.23. The minimum absolute atomic E-state index is 0.00436. The third kappa shape index (κ3) is 3.60. The Morgan fingerprint density at radius 3 is 2.58 bits per heavy atom. The van der Waals surface area contributed by atoms with Gasteiger partial charge in [0.1, 0.15) is 0 Å². The molecule has 0 saturated carbocycles. The number of carbonyl (C=O) groups excluding carboxylic acids is 2. The van der Waals surface area contributed by atoms with Gasteiger partial charge < -0.3 is 10.2 Å². The summed E-state index contributed by atoms with van der Waals surface area (Å²) in [6.07, 6.45) is 0.159. The van der Waals surface area contributed by atoms with E-state index in [9.17, 15) is 9.59 Å². The van der Waals surface area contributed by atoms with Crippen LogP contribution in [-0.4, -0.2) is 22.8 Å². The molecule has 1 aliphatic heterocycles. The second-order valence-corrected chi connectivity index (χ2v) is 6.76. The lowest BCUT2D eigenvalue weighted by molar-refractivity contribution is -0.137. The number of para-hydroxylation sites is 1. The molecular formula is C21H21N3O2. The summed E-state index contributed by atoms with van der Waals surface area (Å²) in [4.78, 5) is 27.1. The molecule has 1 N–H and O–H groups in total. The Balaban J connectivity index is 1.87. The fraction of sp³-hybridized carbons (Fsp3) is 0.286. The van der Waals surface area contributed by atoms with Gasteiger partial charge in [0.15, 0.2) is 0 Å². The molecule has 3 rings (SSSR count). The quantitative estimate of drug-likeness (QED) is 0.921. The monoisotopic (exact) mass is 347 g/mol. The Hall–Kier alpha value is -3.13. The highest BCUT2D eigenvalue weighted by atomic mass is 16.2. The summed E-state index contributed by atoms with van der Waals surface area (Å²) in [6.45, 7) is 4.38. The Kier molecular flexibility index (Phi) is 5.04. The highest BCUT2D eigenvalue weighted by Gasteiger charge is 2.34. The number of hydrogen-bond donors (Lipinski definition) is 1. The minimum Gasteiger partial charge on any atom is -0.335 e. The van der Waals surface area contributed by atoms with E-state index in [4.69, 9.17) is 5.26 Å². The lowest BCUT2D eigenvalue weighted by atomic mass is 9.89. The smallest absolute Gasteiger partial charge is 0.231 e. The molecule has 26 heavy (non-hydrogen) atoms. The number of nitrogens with one attached hydrogen (secondary N) is 1. The van der Waals surface area contributed by atoms with Gasteiger partial charge in [0.05, 0.1) is 17.6 Å². The van der Waals surface area contributed by atoms with Crippen molar-refractivity contribution in [2.75, 3.05) is 5.32 Å². The van der Waals surface area contributed by atoms with Gasteiger partial charge in [-0.1, -0.05) is 30.3 Å². The molecular weight excluding hydrogens is 326 g/mol. The summed E-state index contributed by atoms with van der Waals surface area (Å²) in [5.41, 5.74) is 3.13. The fourth-order valence-corrected chi connectivity index (χ4v) is 3.23. The van der Waals surface area contributed by atoms with Crippen LogP contribution in [-0.2, 0) is 16.1 Å². The molecule has 1 atom stereocenters. The number of nitriles is 1. The van der Waals surface area contributed by atoms with Crippen LogP contribution >= 0.6 is 0 Å². The number of rotatable bonds is 4. The number of carbonyl (C=O) groups is 2.